The molecule has 18 heavy (non-hydrogen) atoms. The first-order valence-electron chi connectivity index (χ1n) is 5.15. The van der Waals surface area contributed by atoms with E-state index in [2.05, 4.69) is 30.9 Å². The van der Waals surface area contributed by atoms with Crippen LogP contribution in [0.5, 0.6) is 0 Å². The van der Waals surface area contributed by atoms with Crippen LogP contribution in [0.4, 0.5) is 0 Å². The number of aromatic nitrogens is 2. The minimum atomic E-state index is -0.659. The number of halogens is 1. The topological polar surface area (TPSA) is 77.1 Å². The Bertz CT molecular complexity index is 632. The van der Waals surface area contributed by atoms with Crippen LogP contribution in [0, 0.1) is 0 Å². The van der Waals surface area contributed by atoms with Crippen molar-refractivity contribution >= 4 is 21.8 Å². The molecule has 0 bridgehead atoms. The summed E-state index contributed by atoms with van der Waals surface area (Å²) in [4.78, 5) is 22.8. The van der Waals surface area contributed by atoms with E-state index < -0.39 is 5.76 Å². The Morgan fingerprint density at radius 1 is 1.56 bits per heavy atom. The largest absolute Gasteiger partial charge is 0.442 e. The molecule has 1 amide bonds. The second kappa shape index (κ2) is 5.18. The van der Waals surface area contributed by atoms with Gasteiger partial charge in [-0.3, -0.25) is 9.32 Å². The summed E-state index contributed by atoms with van der Waals surface area (Å²) in [6, 6.07) is 7.23. The Hall–Kier alpha value is -1.89. The normalized spacial score (nSPS) is 10.3. The maximum absolute atomic E-state index is 11.5. The van der Waals surface area contributed by atoms with Gasteiger partial charge in [0.25, 0.3) is 0 Å². The molecule has 0 fully saturated rings. The van der Waals surface area contributed by atoms with E-state index in [1.54, 1.807) is 12.1 Å². The van der Waals surface area contributed by atoms with Crippen LogP contribution in [-0.2, 0) is 11.3 Å². The first-order valence-corrected chi connectivity index (χ1v) is 5.94. The van der Waals surface area contributed by atoms with Crippen LogP contribution in [0.1, 0.15) is 0 Å². The Labute approximate surface area is 111 Å². The van der Waals surface area contributed by atoms with Gasteiger partial charge >= 0.3 is 5.76 Å². The predicted octanol–water partition coefficient (Wildman–Crippen LogP) is 1.01. The van der Waals surface area contributed by atoms with Gasteiger partial charge in [0.15, 0.2) is 5.82 Å². The van der Waals surface area contributed by atoms with Gasteiger partial charge in [-0.15, -0.1) is 0 Å². The fourth-order valence-electron chi connectivity index (χ4n) is 1.47. The lowest BCUT2D eigenvalue weighted by molar-refractivity contribution is -0.121. The number of hydrogen-bond acceptors (Lipinski definition) is 4. The van der Waals surface area contributed by atoms with Crippen LogP contribution in [-0.4, -0.2) is 22.7 Å². The summed E-state index contributed by atoms with van der Waals surface area (Å²) in [5.41, 5.74) is 0.694. The van der Waals surface area contributed by atoms with Crippen molar-refractivity contribution in [1.82, 2.24) is 15.0 Å². The molecule has 2 aromatic rings. The van der Waals surface area contributed by atoms with Gasteiger partial charge in [0.05, 0.1) is 0 Å². The van der Waals surface area contributed by atoms with Crippen molar-refractivity contribution in [3.63, 3.8) is 0 Å². The molecule has 0 saturated carbocycles. The lowest BCUT2D eigenvalue weighted by Crippen LogP contribution is -2.28. The highest BCUT2D eigenvalue weighted by atomic mass is 79.9. The van der Waals surface area contributed by atoms with Crippen molar-refractivity contribution in [3.05, 3.63) is 39.3 Å². The van der Waals surface area contributed by atoms with Crippen LogP contribution in [0.2, 0.25) is 0 Å². The molecule has 1 aromatic carbocycles. The van der Waals surface area contributed by atoms with Gasteiger partial charge in [0.1, 0.15) is 6.54 Å². The zero-order valence-electron chi connectivity index (χ0n) is 9.51. The fraction of sp³-hybridized carbons (Fsp3) is 0.182. The third-order valence-corrected chi connectivity index (χ3v) is 2.84. The zero-order chi connectivity index (χ0) is 13.1. The Morgan fingerprint density at radius 3 is 3.00 bits per heavy atom. The SMILES string of the molecule is CNC(=O)Cn1c(-c2cccc(Br)c2)noc1=O. The molecule has 0 unspecified atom stereocenters. The van der Waals surface area contributed by atoms with Gasteiger partial charge in [-0.2, -0.15) is 0 Å². The van der Waals surface area contributed by atoms with Crippen molar-refractivity contribution in [2.75, 3.05) is 7.05 Å². The summed E-state index contributed by atoms with van der Waals surface area (Å²) >= 11 is 3.33. The molecule has 0 aliphatic carbocycles. The molecule has 1 aromatic heterocycles. The summed E-state index contributed by atoms with van der Waals surface area (Å²) in [5, 5.41) is 6.13. The van der Waals surface area contributed by atoms with Crippen LogP contribution in [0.15, 0.2) is 38.1 Å². The molecule has 6 nitrogen and oxygen atoms in total. The summed E-state index contributed by atoms with van der Waals surface area (Å²) in [6.45, 7) is -0.124. The smallest absolute Gasteiger partial charge is 0.358 e. The van der Waals surface area contributed by atoms with Crippen molar-refractivity contribution in [1.29, 1.82) is 0 Å². The molecule has 7 heteroatoms. The van der Waals surface area contributed by atoms with Gasteiger partial charge in [-0.25, -0.2) is 9.36 Å². The number of hydrogen-bond donors (Lipinski definition) is 1. The number of nitrogens with one attached hydrogen (secondary N) is 1. The van der Waals surface area contributed by atoms with E-state index in [1.165, 1.54) is 11.6 Å². The molecule has 0 radical (unpaired) electrons. The molecule has 0 atom stereocenters. The van der Waals surface area contributed by atoms with Gasteiger partial charge < -0.3 is 5.32 Å². The lowest BCUT2D eigenvalue weighted by Gasteiger charge is -2.03. The third-order valence-electron chi connectivity index (χ3n) is 2.35. The van der Waals surface area contributed by atoms with Crippen LogP contribution in [0.3, 0.4) is 0 Å². The van der Waals surface area contributed by atoms with Crippen molar-refractivity contribution in [3.8, 4) is 11.4 Å². The molecule has 2 rings (SSSR count). The maximum atomic E-state index is 11.5. The van der Waals surface area contributed by atoms with Gasteiger partial charge in [0.2, 0.25) is 5.91 Å². The fourth-order valence-corrected chi connectivity index (χ4v) is 1.86. The molecular formula is C11H10BrN3O3. The first kappa shape index (κ1) is 12.6. The van der Waals surface area contributed by atoms with Gasteiger partial charge in [-0.05, 0) is 12.1 Å². The van der Waals surface area contributed by atoms with Crippen LogP contribution < -0.4 is 11.1 Å². The van der Waals surface area contributed by atoms with Crippen molar-refractivity contribution in [2.45, 2.75) is 6.54 Å². The number of amides is 1. The number of nitrogens with zero attached hydrogens (tertiary/aromatic N) is 2. The van der Waals surface area contributed by atoms with Crippen LogP contribution in [0.25, 0.3) is 11.4 Å². The zero-order valence-corrected chi connectivity index (χ0v) is 11.1. The number of rotatable bonds is 3. The molecule has 94 valence electrons. The maximum Gasteiger partial charge on any atom is 0.442 e. The van der Waals surface area contributed by atoms with Crippen molar-refractivity contribution < 1.29 is 9.32 Å². The van der Waals surface area contributed by atoms with E-state index >= 15 is 0 Å². The van der Waals surface area contributed by atoms with E-state index in [-0.39, 0.29) is 12.5 Å². The molecule has 0 aliphatic heterocycles. The summed E-state index contributed by atoms with van der Waals surface area (Å²) in [6.07, 6.45) is 0. The molecule has 0 aliphatic rings. The average Bonchev–Trinajstić information content (AvgIpc) is 2.71. The third kappa shape index (κ3) is 2.51. The number of likely N-dealkylation sites (N-methyl/N-ethyl adjacent to an activating group) is 1. The Balaban J connectivity index is 2.46. The second-order valence-electron chi connectivity index (χ2n) is 3.54. The summed E-state index contributed by atoms with van der Waals surface area (Å²) in [7, 11) is 1.50. The summed E-state index contributed by atoms with van der Waals surface area (Å²) in [5.74, 6) is -0.630. The van der Waals surface area contributed by atoms with E-state index in [0.717, 1.165) is 4.47 Å². The van der Waals surface area contributed by atoms with E-state index in [9.17, 15) is 9.59 Å². The van der Waals surface area contributed by atoms with E-state index in [0.29, 0.717) is 11.4 Å². The minimum Gasteiger partial charge on any atom is -0.358 e. The molecule has 1 N–H and O–H groups in total. The molecular weight excluding hydrogens is 302 g/mol. The number of carbonyl (C=O) groups excluding carboxylic acids is 1. The molecule has 1 heterocycles. The highest BCUT2D eigenvalue weighted by Crippen LogP contribution is 2.20. The number of carbonyl (C=O) groups is 1. The standard InChI is InChI=1S/C11H10BrN3O3/c1-13-9(16)6-15-10(14-18-11(15)17)7-3-2-4-8(12)5-7/h2-5H,6H2,1H3,(H,13,16). The monoisotopic (exact) mass is 311 g/mol. The average molecular weight is 312 g/mol. The van der Waals surface area contributed by atoms with E-state index in [4.69, 9.17) is 0 Å². The van der Waals surface area contributed by atoms with E-state index in [1.807, 2.05) is 12.1 Å². The quantitative estimate of drug-likeness (QED) is 0.918. The second-order valence-corrected chi connectivity index (χ2v) is 4.46. The highest BCUT2D eigenvalue weighted by molar-refractivity contribution is 9.10. The summed E-state index contributed by atoms with van der Waals surface area (Å²) < 4.78 is 6.63. The predicted molar refractivity (Wildman–Crippen MR) is 68.0 cm³/mol. The molecule has 0 saturated heterocycles. The van der Waals surface area contributed by atoms with Gasteiger partial charge in [0, 0.05) is 17.1 Å². The van der Waals surface area contributed by atoms with Gasteiger partial charge in [-0.1, -0.05) is 33.2 Å². The molecule has 0 spiro atoms. The number of benzene rings is 1. The minimum absolute atomic E-state index is 0.124. The Kier molecular flexibility index (Phi) is 3.61. The van der Waals surface area contributed by atoms with Crippen LogP contribution >= 0.6 is 15.9 Å². The first-order chi connectivity index (χ1) is 8.61. The Morgan fingerprint density at radius 2 is 2.33 bits per heavy atom. The lowest BCUT2D eigenvalue weighted by atomic mass is 10.2. The van der Waals surface area contributed by atoms with Crippen molar-refractivity contribution in [2.24, 2.45) is 0 Å². The highest BCUT2D eigenvalue weighted by Gasteiger charge is 2.15.